The highest BCUT2D eigenvalue weighted by atomic mass is 79.9. The van der Waals surface area contributed by atoms with Gasteiger partial charge in [-0.15, -0.1) is 0 Å². The molecule has 0 saturated heterocycles. The normalized spacial score (nSPS) is 10.3. The number of hydrogen-bond acceptors (Lipinski definition) is 4. The van der Waals surface area contributed by atoms with Crippen molar-refractivity contribution < 1.29 is 0 Å². The van der Waals surface area contributed by atoms with Gasteiger partial charge in [0.1, 0.15) is 5.82 Å². The smallest absolute Gasteiger partial charge is 0.265 e. The van der Waals surface area contributed by atoms with E-state index in [0.29, 0.717) is 22.5 Å². The molecule has 16 heavy (non-hydrogen) atoms. The van der Waals surface area contributed by atoms with Crippen molar-refractivity contribution in [2.45, 2.75) is 6.54 Å². The van der Waals surface area contributed by atoms with E-state index in [2.05, 4.69) is 25.9 Å². The van der Waals surface area contributed by atoms with Gasteiger partial charge in [-0.05, 0) is 28.1 Å². The summed E-state index contributed by atoms with van der Waals surface area (Å²) < 4.78 is 2.07. The number of nitrogen functional groups attached to an aromatic ring is 1. The third kappa shape index (κ3) is 2.27. The van der Waals surface area contributed by atoms with Crippen LogP contribution in [0.1, 0.15) is 5.69 Å². The van der Waals surface area contributed by atoms with Gasteiger partial charge in [0.2, 0.25) is 0 Å². The van der Waals surface area contributed by atoms with Crippen LogP contribution in [-0.4, -0.2) is 14.5 Å². The van der Waals surface area contributed by atoms with Gasteiger partial charge in [-0.25, -0.2) is 4.98 Å². The van der Waals surface area contributed by atoms with E-state index in [-0.39, 0.29) is 5.56 Å². The molecule has 2 rings (SSSR count). The first-order chi connectivity index (χ1) is 7.66. The molecule has 0 fully saturated rings. The first kappa shape index (κ1) is 10.8. The quantitative estimate of drug-likeness (QED) is 0.892. The van der Waals surface area contributed by atoms with E-state index in [1.54, 1.807) is 29.1 Å². The van der Waals surface area contributed by atoms with E-state index < -0.39 is 0 Å². The van der Waals surface area contributed by atoms with Crippen LogP contribution in [-0.2, 0) is 6.54 Å². The number of nitrogens with two attached hydrogens (primary N) is 1. The number of halogens is 1. The molecule has 0 spiro atoms. The number of rotatable bonds is 2. The monoisotopic (exact) mass is 280 g/mol. The Morgan fingerprint density at radius 2 is 2.19 bits per heavy atom. The summed E-state index contributed by atoms with van der Waals surface area (Å²) in [7, 11) is 0. The predicted molar refractivity (Wildman–Crippen MR) is 63.9 cm³/mol. The minimum atomic E-state index is -0.0962. The van der Waals surface area contributed by atoms with E-state index in [0.717, 1.165) is 0 Å². The Bertz CT molecular complexity index is 549. The molecule has 2 aromatic heterocycles. The summed E-state index contributed by atoms with van der Waals surface area (Å²) in [5.74, 6) is 0.366. The number of anilines is 1. The zero-order valence-electron chi connectivity index (χ0n) is 8.30. The topological polar surface area (TPSA) is 73.8 Å². The molecule has 2 aromatic rings. The Hall–Kier alpha value is -1.69. The summed E-state index contributed by atoms with van der Waals surface area (Å²) in [6.45, 7) is 0.381. The zero-order valence-corrected chi connectivity index (χ0v) is 9.89. The van der Waals surface area contributed by atoms with Crippen LogP contribution >= 0.6 is 15.9 Å². The van der Waals surface area contributed by atoms with E-state index in [1.165, 1.54) is 6.20 Å². The fourth-order valence-corrected chi connectivity index (χ4v) is 1.63. The molecule has 2 N–H and O–H groups in total. The number of pyridine rings is 1. The van der Waals surface area contributed by atoms with Crippen LogP contribution in [0.2, 0.25) is 0 Å². The molecule has 0 atom stereocenters. The third-order valence-corrected chi connectivity index (χ3v) is 2.63. The number of nitrogens with zero attached hydrogens (tertiary/aromatic N) is 3. The molecule has 0 unspecified atom stereocenters. The van der Waals surface area contributed by atoms with Crippen LogP contribution in [0.5, 0.6) is 0 Å². The molecule has 5 nitrogen and oxygen atoms in total. The van der Waals surface area contributed by atoms with E-state index in [1.807, 2.05) is 0 Å². The highest BCUT2D eigenvalue weighted by Gasteiger charge is 2.02. The molecule has 0 radical (unpaired) electrons. The van der Waals surface area contributed by atoms with Gasteiger partial charge in [0, 0.05) is 6.20 Å². The van der Waals surface area contributed by atoms with Crippen molar-refractivity contribution in [2.24, 2.45) is 0 Å². The van der Waals surface area contributed by atoms with Crippen molar-refractivity contribution in [1.29, 1.82) is 0 Å². The molecule has 2 heterocycles. The van der Waals surface area contributed by atoms with Gasteiger partial charge in [-0.1, -0.05) is 0 Å². The van der Waals surface area contributed by atoms with Gasteiger partial charge in [0.25, 0.3) is 5.56 Å². The van der Waals surface area contributed by atoms with Crippen molar-refractivity contribution in [3.8, 4) is 0 Å². The molecule has 0 aliphatic rings. The van der Waals surface area contributed by atoms with Crippen molar-refractivity contribution in [3.63, 3.8) is 0 Å². The molecule has 0 saturated carbocycles. The second kappa shape index (κ2) is 4.44. The van der Waals surface area contributed by atoms with Gasteiger partial charge >= 0.3 is 0 Å². The average molecular weight is 281 g/mol. The Balaban J connectivity index is 2.31. The minimum absolute atomic E-state index is 0.0962. The molecule has 0 bridgehead atoms. The van der Waals surface area contributed by atoms with Crippen molar-refractivity contribution >= 4 is 21.7 Å². The maximum atomic E-state index is 11.7. The molecule has 0 amide bonds. The lowest BCUT2D eigenvalue weighted by Gasteiger charge is -2.04. The SMILES string of the molecule is Nc1cnc(Cn2cccc(Br)c2=O)cn1. The first-order valence-electron chi connectivity index (χ1n) is 4.58. The standard InChI is InChI=1S/C10H9BrN4O/c11-8-2-1-3-15(10(8)16)6-7-4-14-9(12)5-13-7/h1-5H,6H2,(H2,12,14). The fraction of sp³-hybridized carbons (Fsp3) is 0.100. The average Bonchev–Trinajstić information content (AvgIpc) is 2.28. The molecule has 82 valence electrons. The number of aromatic nitrogens is 3. The molecule has 0 aromatic carbocycles. The summed E-state index contributed by atoms with van der Waals surface area (Å²) >= 11 is 3.18. The molecular weight excluding hydrogens is 272 g/mol. The lowest BCUT2D eigenvalue weighted by atomic mass is 10.4. The Morgan fingerprint density at radius 1 is 1.38 bits per heavy atom. The van der Waals surface area contributed by atoms with Crippen LogP contribution < -0.4 is 11.3 Å². The van der Waals surface area contributed by atoms with Gasteiger partial charge in [-0.2, -0.15) is 0 Å². The maximum Gasteiger partial charge on any atom is 0.265 e. The predicted octanol–water partition coefficient (Wildman–Crippen LogP) is 1.03. The van der Waals surface area contributed by atoms with Crippen molar-refractivity contribution in [2.75, 3.05) is 5.73 Å². The molecule has 0 aliphatic carbocycles. The van der Waals surface area contributed by atoms with E-state index >= 15 is 0 Å². The van der Waals surface area contributed by atoms with Crippen LogP contribution in [0, 0.1) is 0 Å². The Morgan fingerprint density at radius 3 is 2.88 bits per heavy atom. The molecular formula is C10H9BrN4O. The Labute approximate surface area is 100 Å². The van der Waals surface area contributed by atoms with Crippen LogP contribution in [0.15, 0.2) is 40.0 Å². The van der Waals surface area contributed by atoms with Crippen LogP contribution in [0.4, 0.5) is 5.82 Å². The van der Waals surface area contributed by atoms with E-state index in [4.69, 9.17) is 5.73 Å². The summed E-state index contributed by atoms with van der Waals surface area (Å²) in [5, 5.41) is 0. The largest absolute Gasteiger partial charge is 0.382 e. The molecule has 6 heteroatoms. The van der Waals surface area contributed by atoms with Gasteiger partial charge < -0.3 is 10.3 Å². The second-order valence-corrected chi connectivity index (χ2v) is 4.08. The lowest BCUT2D eigenvalue weighted by molar-refractivity contribution is 0.731. The van der Waals surface area contributed by atoms with Crippen LogP contribution in [0.3, 0.4) is 0 Å². The van der Waals surface area contributed by atoms with Crippen molar-refractivity contribution in [1.82, 2.24) is 14.5 Å². The van der Waals surface area contributed by atoms with Crippen LogP contribution in [0.25, 0.3) is 0 Å². The summed E-state index contributed by atoms with van der Waals surface area (Å²) in [5.41, 5.74) is 6.02. The maximum absolute atomic E-state index is 11.7. The summed E-state index contributed by atoms with van der Waals surface area (Å²) in [4.78, 5) is 19.7. The van der Waals surface area contributed by atoms with Gasteiger partial charge in [0.15, 0.2) is 0 Å². The van der Waals surface area contributed by atoms with Gasteiger partial charge in [-0.3, -0.25) is 9.78 Å². The minimum Gasteiger partial charge on any atom is -0.382 e. The lowest BCUT2D eigenvalue weighted by Crippen LogP contribution is -2.20. The van der Waals surface area contributed by atoms with Gasteiger partial charge in [0.05, 0.1) is 29.1 Å². The zero-order chi connectivity index (χ0) is 11.5. The third-order valence-electron chi connectivity index (χ3n) is 2.03. The first-order valence-corrected chi connectivity index (χ1v) is 5.37. The highest BCUT2D eigenvalue weighted by Crippen LogP contribution is 2.03. The summed E-state index contributed by atoms with van der Waals surface area (Å²) in [6, 6.07) is 3.49. The number of hydrogen-bond donors (Lipinski definition) is 1. The summed E-state index contributed by atoms with van der Waals surface area (Å²) in [6.07, 6.45) is 4.73. The van der Waals surface area contributed by atoms with Crippen molar-refractivity contribution in [3.05, 3.63) is 51.2 Å². The van der Waals surface area contributed by atoms with E-state index in [9.17, 15) is 4.79 Å². The highest BCUT2D eigenvalue weighted by molar-refractivity contribution is 9.10. The fourth-order valence-electron chi connectivity index (χ4n) is 1.25. The molecule has 0 aliphatic heterocycles. The second-order valence-electron chi connectivity index (χ2n) is 3.22. The Kier molecular flexibility index (Phi) is 3.00.